The summed E-state index contributed by atoms with van der Waals surface area (Å²) in [6.07, 6.45) is 3.10. The zero-order valence-corrected chi connectivity index (χ0v) is 10.0. The second-order valence-corrected chi connectivity index (χ2v) is 4.00. The number of benzene rings is 2. The Kier molecular flexibility index (Phi) is 3.16. The van der Waals surface area contributed by atoms with Crippen molar-refractivity contribution in [1.29, 1.82) is 0 Å². The van der Waals surface area contributed by atoms with Gasteiger partial charge in [0.2, 0.25) is 12.2 Å². The lowest BCUT2D eigenvalue weighted by atomic mass is 10.0. The van der Waals surface area contributed by atoms with E-state index >= 15 is 0 Å². The third-order valence-electron chi connectivity index (χ3n) is 2.83. The first-order chi connectivity index (χ1) is 8.67. The highest BCUT2D eigenvalue weighted by Crippen LogP contribution is 2.33. The van der Waals surface area contributed by atoms with Gasteiger partial charge >= 0.3 is 0 Å². The van der Waals surface area contributed by atoms with Crippen LogP contribution < -0.4 is 0 Å². The lowest BCUT2D eigenvalue weighted by Crippen LogP contribution is -1.82. The molecule has 0 aliphatic rings. The Labute approximate surface area is 104 Å². The van der Waals surface area contributed by atoms with Gasteiger partial charge in [-0.25, -0.2) is 9.59 Å². The number of nitrogens with zero attached hydrogens (tertiary/aromatic N) is 2. The average molecular weight is 238 g/mol. The van der Waals surface area contributed by atoms with E-state index in [4.69, 9.17) is 0 Å². The molecule has 2 rings (SSSR count). The second-order valence-electron chi connectivity index (χ2n) is 4.00. The highest BCUT2D eigenvalue weighted by Gasteiger charge is 2.07. The van der Waals surface area contributed by atoms with Gasteiger partial charge in [0.15, 0.2) is 0 Å². The zero-order chi connectivity index (χ0) is 13.1. The molecule has 0 aromatic heterocycles. The lowest BCUT2D eigenvalue weighted by molar-refractivity contribution is 0.564. The molecule has 0 atom stereocenters. The van der Waals surface area contributed by atoms with Gasteiger partial charge in [-0.1, -0.05) is 12.1 Å². The predicted molar refractivity (Wildman–Crippen MR) is 69.0 cm³/mol. The number of aryl methyl sites for hydroxylation is 2. The van der Waals surface area contributed by atoms with E-state index in [1.54, 1.807) is 12.1 Å². The summed E-state index contributed by atoms with van der Waals surface area (Å²) in [6, 6.07) is 7.40. The molecule has 88 valence electrons. The van der Waals surface area contributed by atoms with Crippen molar-refractivity contribution in [2.24, 2.45) is 9.98 Å². The smallest absolute Gasteiger partial charge is 0.211 e. The van der Waals surface area contributed by atoms with Crippen LogP contribution in [0.4, 0.5) is 11.4 Å². The molecular weight excluding hydrogens is 228 g/mol. The molecule has 0 aliphatic heterocycles. The summed E-state index contributed by atoms with van der Waals surface area (Å²) in [7, 11) is 0. The molecule has 0 saturated carbocycles. The van der Waals surface area contributed by atoms with Gasteiger partial charge in [-0.15, -0.1) is 0 Å². The molecule has 0 bridgehead atoms. The summed E-state index contributed by atoms with van der Waals surface area (Å²) in [5.41, 5.74) is 2.91. The normalized spacial score (nSPS) is 9.67. The Morgan fingerprint density at radius 2 is 1.67 bits per heavy atom. The van der Waals surface area contributed by atoms with Gasteiger partial charge < -0.3 is 0 Å². The van der Waals surface area contributed by atoms with Crippen molar-refractivity contribution in [2.45, 2.75) is 13.8 Å². The van der Waals surface area contributed by atoms with E-state index in [0.717, 1.165) is 21.9 Å². The molecule has 0 amide bonds. The highest BCUT2D eigenvalue weighted by molar-refractivity contribution is 5.97. The van der Waals surface area contributed by atoms with Gasteiger partial charge in [-0.05, 0) is 42.5 Å². The van der Waals surface area contributed by atoms with Gasteiger partial charge in [-0.2, -0.15) is 9.98 Å². The zero-order valence-electron chi connectivity index (χ0n) is 10.0. The molecule has 2 aromatic carbocycles. The van der Waals surface area contributed by atoms with Gasteiger partial charge in [0, 0.05) is 5.39 Å². The quantitative estimate of drug-likeness (QED) is 0.594. The van der Waals surface area contributed by atoms with Gasteiger partial charge in [0.05, 0.1) is 11.4 Å². The van der Waals surface area contributed by atoms with Crippen molar-refractivity contribution in [3.05, 3.63) is 35.4 Å². The maximum atomic E-state index is 10.5. The van der Waals surface area contributed by atoms with E-state index < -0.39 is 0 Å². The molecule has 2 aromatic rings. The molecule has 0 spiro atoms. The van der Waals surface area contributed by atoms with Crippen LogP contribution in [0.1, 0.15) is 11.1 Å². The van der Waals surface area contributed by atoms with Crippen molar-refractivity contribution < 1.29 is 9.59 Å². The van der Waals surface area contributed by atoms with E-state index in [1.165, 1.54) is 6.08 Å². The lowest BCUT2D eigenvalue weighted by Gasteiger charge is -2.07. The van der Waals surface area contributed by atoms with E-state index in [0.29, 0.717) is 11.4 Å². The Morgan fingerprint density at radius 1 is 0.944 bits per heavy atom. The van der Waals surface area contributed by atoms with Gasteiger partial charge in [0.25, 0.3) is 0 Å². The van der Waals surface area contributed by atoms with E-state index in [9.17, 15) is 9.59 Å². The van der Waals surface area contributed by atoms with Crippen LogP contribution in [0.2, 0.25) is 0 Å². The standard InChI is InChI=1S/C14H10N2O2/c1-9-3-4-11-6-13(15-7-17)10(2)5-12(11)14(9)16-8-18/h3-6H,1-2H3. The second kappa shape index (κ2) is 4.76. The fraction of sp³-hybridized carbons (Fsp3) is 0.143. The molecule has 4 nitrogen and oxygen atoms in total. The van der Waals surface area contributed by atoms with Crippen LogP contribution in [0, 0.1) is 13.8 Å². The monoisotopic (exact) mass is 238 g/mol. The van der Waals surface area contributed by atoms with Crippen molar-refractivity contribution in [2.75, 3.05) is 0 Å². The Balaban J connectivity index is 2.87. The van der Waals surface area contributed by atoms with Crippen molar-refractivity contribution >= 4 is 34.3 Å². The first-order valence-corrected chi connectivity index (χ1v) is 5.37. The van der Waals surface area contributed by atoms with Crippen LogP contribution in [0.15, 0.2) is 34.3 Å². The fourth-order valence-corrected chi connectivity index (χ4v) is 1.93. The van der Waals surface area contributed by atoms with Gasteiger partial charge in [-0.3, -0.25) is 0 Å². The summed E-state index contributed by atoms with van der Waals surface area (Å²) >= 11 is 0. The van der Waals surface area contributed by atoms with Crippen LogP contribution >= 0.6 is 0 Å². The number of hydrogen-bond acceptors (Lipinski definition) is 4. The minimum absolute atomic E-state index is 0.572. The van der Waals surface area contributed by atoms with Crippen LogP contribution in [0.25, 0.3) is 10.8 Å². The predicted octanol–water partition coefficient (Wildman–Crippen LogP) is 3.39. The molecule has 4 heteroatoms. The largest absolute Gasteiger partial charge is 0.240 e. The molecule has 0 radical (unpaired) electrons. The summed E-state index contributed by atoms with van der Waals surface area (Å²) < 4.78 is 0. The minimum atomic E-state index is 0.572. The molecule has 0 saturated heterocycles. The number of fused-ring (bicyclic) bond motifs is 1. The fourth-order valence-electron chi connectivity index (χ4n) is 1.93. The van der Waals surface area contributed by atoms with E-state index in [2.05, 4.69) is 9.98 Å². The van der Waals surface area contributed by atoms with Crippen molar-refractivity contribution in [1.82, 2.24) is 0 Å². The van der Waals surface area contributed by atoms with Gasteiger partial charge in [0.1, 0.15) is 0 Å². The van der Waals surface area contributed by atoms with Crippen LogP contribution in [0.5, 0.6) is 0 Å². The average Bonchev–Trinajstić information content (AvgIpc) is 2.35. The maximum Gasteiger partial charge on any atom is 0.240 e. The molecule has 0 aliphatic carbocycles. The Hall–Kier alpha value is -2.54. The first-order valence-electron chi connectivity index (χ1n) is 5.37. The van der Waals surface area contributed by atoms with Crippen molar-refractivity contribution in [3.63, 3.8) is 0 Å². The Morgan fingerprint density at radius 3 is 2.33 bits per heavy atom. The van der Waals surface area contributed by atoms with Crippen molar-refractivity contribution in [3.8, 4) is 0 Å². The molecule has 0 unspecified atom stereocenters. The number of aliphatic imine (C=N–C) groups is 2. The summed E-state index contributed by atoms with van der Waals surface area (Å²) in [4.78, 5) is 28.2. The number of rotatable bonds is 2. The topological polar surface area (TPSA) is 58.9 Å². The first kappa shape index (κ1) is 11.9. The number of carbonyl (C=O) groups excluding carboxylic acids is 2. The third kappa shape index (κ3) is 1.98. The third-order valence-corrected chi connectivity index (χ3v) is 2.83. The van der Waals surface area contributed by atoms with Crippen LogP contribution in [0.3, 0.4) is 0 Å². The van der Waals surface area contributed by atoms with E-state index in [1.807, 2.05) is 32.0 Å². The SMILES string of the molecule is Cc1cc2c(N=C=O)c(C)ccc2cc1N=C=O. The van der Waals surface area contributed by atoms with Crippen LogP contribution in [-0.4, -0.2) is 12.2 Å². The summed E-state index contributed by atoms with van der Waals surface area (Å²) in [6.45, 7) is 3.72. The molecule has 18 heavy (non-hydrogen) atoms. The molecule has 0 fully saturated rings. The maximum absolute atomic E-state index is 10.5. The summed E-state index contributed by atoms with van der Waals surface area (Å²) in [5, 5.41) is 1.72. The number of isocyanates is 2. The van der Waals surface area contributed by atoms with Crippen LogP contribution in [-0.2, 0) is 9.59 Å². The number of hydrogen-bond donors (Lipinski definition) is 0. The Bertz CT molecular complexity index is 722. The summed E-state index contributed by atoms with van der Waals surface area (Å²) in [5.74, 6) is 0. The molecule has 0 heterocycles. The highest BCUT2D eigenvalue weighted by atomic mass is 16.1. The minimum Gasteiger partial charge on any atom is -0.211 e. The molecular formula is C14H10N2O2. The van der Waals surface area contributed by atoms with E-state index in [-0.39, 0.29) is 0 Å². The molecule has 0 N–H and O–H groups in total.